The summed E-state index contributed by atoms with van der Waals surface area (Å²) in [4.78, 5) is 15.2. The summed E-state index contributed by atoms with van der Waals surface area (Å²) in [6, 6.07) is 1.81. The summed E-state index contributed by atoms with van der Waals surface area (Å²) in [7, 11) is 0. The van der Waals surface area contributed by atoms with Crippen molar-refractivity contribution in [3.8, 4) is 5.88 Å². The number of rotatable bonds is 7. The second-order valence-electron chi connectivity index (χ2n) is 3.84. The van der Waals surface area contributed by atoms with Crippen molar-refractivity contribution in [1.29, 1.82) is 0 Å². The number of hydrogen-bond donors (Lipinski definition) is 2. The van der Waals surface area contributed by atoms with Gasteiger partial charge in [-0.2, -0.15) is 0 Å². The van der Waals surface area contributed by atoms with Crippen molar-refractivity contribution in [2.75, 3.05) is 18.5 Å². The molecule has 2 N–H and O–H groups in total. The molecule has 0 bridgehead atoms. The minimum absolute atomic E-state index is 0.607. The van der Waals surface area contributed by atoms with Crippen molar-refractivity contribution < 1.29 is 4.74 Å². The van der Waals surface area contributed by atoms with E-state index in [1.165, 1.54) is 6.33 Å². The third-order valence-electron chi connectivity index (χ3n) is 2.35. The molecule has 0 atom stereocenters. The molecule has 0 fully saturated rings. The van der Waals surface area contributed by atoms with Crippen molar-refractivity contribution in [1.82, 2.24) is 19.9 Å². The Balaban J connectivity index is 1.81. The van der Waals surface area contributed by atoms with Crippen molar-refractivity contribution in [3.63, 3.8) is 0 Å². The van der Waals surface area contributed by atoms with Crippen LogP contribution in [0.5, 0.6) is 5.88 Å². The topological polar surface area (TPSA) is 75.7 Å². The standard InChI is InChI=1S/C12H17N5O/c1-2-5-18-12-6-11(16-9-17-12)14-4-3-10-7-13-8-15-10/h6-9H,2-5H2,1H3,(H,13,15)(H,14,16,17). The van der Waals surface area contributed by atoms with Crippen LogP contribution in [0.4, 0.5) is 5.82 Å². The monoisotopic (exact) mass is 247 g/mol. The molecular formula is C12H17N5O. The van der Waals surface area contributed by atoms with E-state index in [1.54, 1.807) is 6.33 Å². The number of H-pyrrole nitrogens is 1. The van der Waals surface area contributed by atoms with E-state index in [0.717, 1.165) is 30.9 Å². The zero-order valence-electron chi connectivity index (χ0n) is 10.4. The summed E-state index contributed by atoms with van der Waals surface area (Å²) >= 11 is 0. The zero-order valence-corrected chi connectivity index (χ0v) is 10.4. The van der Waals surface area contributed by atoms with E-state index in [-0.39, 0.29) is 0 Å². The maximum Gasteiger partial charge on any atom is 0.218 e. The fraction of sp³-hybridized carbons (Fsp3) is 0.417. The highest BCUT2D eigenvalue weighted by Gasteiger charge is 1.99. The lowest BCUT2D eigenvalue weighted by molar-refractivity contribution is 0.305. The number of nitrogens with zero attached hydrogens (tertiary/aromatic N) is 3. The van der Waals surface area contributed by atoms with Gasteiger partial charge in [0.05, 0.1) is 12.9 Å². The van der Waals surface area contributed by atoms with Crippen LogP contribution in [0.25, 0.3) is 0 Å². The van der Waals surface area contributed by atoms with Gasteiger partial charge in [-0.3, -0.25) is 0 Å². The highest BCUT2D eigenvalue weighted by Crippen LogP contribution is 2.11. The normalized spacial score (nSPS) is 10.3. The van der Waals surface area contributed by atoms with Crippen LogP contribution in [-0.2, 0) is 6.42 Å². The molecule has 0 unspecified atom stereocenters. The van der Waals surface area contributed by atoms with Crippen LogP contribution >= 0.6 is 0 Å². The number of imidazole rings is 1. The van der Waals surface area contributed by atoms with Crippen LogP contribution in [0, 0.1) is 0 Å². The van der Waals surface area contributed by atoms with Crippen LogP contribution < -0.4 is 10.1 Å². The van der Waals surface area contributed by atoms with E-state index in [0.29, 0.717) is 12.5 Å². The Morgan fingerprint density at radius 2 is 2.33 bits per heavy atom. The van der Waals surface area contributed by atoms with Gasteiger partial charge in [-0.15, -0.1) is 0 Å². The van der Waals surface area contributed by atoms with Crippen LogP contribution in [0.1, 0.15) is 19.0 Å². The molecule has 0 aromatic carbocycles. The first-order valence-electron chi connectivity index (χ1n) is 6.04. The average Bonchev–Trinajstić information content (AvgIpc) is 2.90. The minimum atomic E-state index is 0.607. The van der Waals surface area contributed by atoms with Crippen LogP contribution in [0.3, 0.4) is 0 Å². The predicted octanol–water partition coefficient (Wildman–Crippen LogP) is 1.64. The second kappa shape index (κ2) is 6.58. The molecule has 96 valence electrons. The van der Waals surface area contributed by atoms with Crippen molar-refractivity contribution >= 4 is 5.82 Å². The van der Waals surface area contributed by atoms with Gasteiger partial charge in [0.25, 0.3) is 0 Å². The molecule has 2 aromatic heterocycles. The Morgan fingerprint density at radius 3 is 3.11 bits per heavy atom. The third kappa shape index (κ3) is 3.73. The number of aromatic nitrogens is 4. The lowest BCUT2D eigenvalue weighted by Crippen LogP contribution is -2.07. The summed E-state index contributed by atoms with van der Waals surface area (Å²) in [6.45, 7) is 3.52. The molecule has 2 rings (SSSR count). The van der Waals surface area contributed by atoms with E-state index < -0.39 is 0 Å². The smallest absolute Gasteiger partial charge is 0.218 e. The van der Waals surface area contributed by atoms with Gasteiger partial charge < -0.3 is 15.0 Å². The fourth-order valence-corrected chi connectivity index (χ4v) is 1.47. The maximum absolute atomic E-state index is 5.44. The van der Waals surface area contributed by atoms with Crippen LogP contribution in [-0.4, -0.2) is 33.1 Å². The largest absolute Gasteiger partial charge is 0.478 e. The Hall–Kier alpha value is -2.11. The van der Waals surface area contributed by atoms with Gasteiger partial charge in [-0.1, -0.05) is 6.92 Å². The van der Waals surface area contributed by atoms with Crippen LogP contribution in [0.2, 0.25) is 0 Å². The van der Waals surface area contributed by atoms with E-state index in [2.05, 4.69) is 32.2 Å². The molecular weight excluding hydrogens is 230 g/mol. The van der Waals surface area contributed by atoms with E-state index in [1.807, 2.05) is 12.3 Å². The average molecular weight is 247 g/mol. The predicted molar refractivity (Wildman–Crippen MR) is 68.6 cm³/mol. The first-order valence-corrected chi connectivity index (χ1v) is 6.04. The highest BCUT2D eigenvalue weighted by molar-refractivity contribution is 5.37. The van der Waals surface area contributed by atoms with E-state index in [9.17, 15) is 0 Å². The zero-order chi connectivity index (χ0) is 12.6. The molecule has 2 aromatic rings. The van der Waals surface area contributed by atoms with Crippen molar-refractivity contribution in [2.45, 2.75) is 19.8 Å². The first kappa shape index (κ1) is 12.3. The number of nitrogens with one attached hydrogen (secondary N) is 2. The molecule has 18 heavy (non-hydrogen) atoms. The number of ether oxygens (including phenoxy) is 1. The van der Waals surface area contributed by atoms with Gasteiger partial charge in [0, 0.05) is 30.9 Å². The van der Waals surface area contributed by atoms with Gasteiger partial charge in [0.2, 0.25) is 5.88 Å². The maximum atomic E-state index is 5.44. The Labute approximate surface area is 106 Å². The van der Waals surface area contributed by atoms with Crippen LogP contribution in [0.15, 0.2) is 24.9 Å². The van der Waals surface area contributed by atoms with Gasteiger partial charge in [-0.05, 0) is 6.42 Å². The number of aromatic amines is 1. The quantitative estimate of drug-likeness (QED) is 0.778. The second-order valence-corrected chi connectivity index (χ2v) is 3.84. The molecule has 0 radical (unpaired) electrons. The van der Waals surface area contributed by atoms with E-state index in [4.69, 9.17) is 4.74 Å². The lowest BCUT2D eigenvalue weighted by Gasteiger charge is -2.06. The number of hydrogen-bond acceptors (Lipinski definition) is 5. The minimum Gasteiger partial charge on any atom is -0.478 e. The molecule has 0 spiro atoms. The molecule has 6 nitrogen and oxygen atoms in total. The lowest BCUT2D eigenvalue weighted by atomic mass is 10.3. The molecule has 0 saturated heterocycles. The molecule has 0 amide bonds. The third-order valence-corrected chi connectivity index (χ3v) is 2.35. The summed E-state index contributed by atoms with van der Waals surface area (Å²) in [5.41, 5.74) is 1.10. The fourth-order valence-electron chi connectivity index (χ4n) is 1.47. The van der Waals surface area contributed by atoms with Gasteiger partial charge in [0.15, 0.2) is 0 Å². The van der Waals surface area contributed by atoms with E-state index >= 15 is 0 Å². The Morgan fingerprint density at radius 1 is 1.39 bits per heavy atom. The van der Waals surface area contributed by atoms with Crippen molar-refractivity contribution in [2.24, 2.45) is 0 Å². The molecule has 0 aliphatic carbocycles. The summed E-state index contributed by atoms with van der Waals surface area (Å²) < 4.78 is 5.44. The molecule has 0 saturated carbocycles. The Bertz CT molecular complexity index is 457. The molecule has 6 heteroatoms. The number of anilines is 1. The van der Waals surface area contributed by atoms with Gasteiger partial charge >= 0.3 is 0 Å². The Kier molecular flexibility index (Phi) is 4.52. The van der Waals surface area contributed by atoms with Gasteiger partial charge in [-0.25, -0.2) is 15.0 Å². The summed E-state index contributed by atoms with van der Waals surface area (Å²) in [5.74, 6) is 1.38. The van der Waals surface area contributed by atoms with Crippen molar-refractivity contribution in [3.05, 3.63) is 30.6 Å². The molecule has 0 aliphatic rings. The molecule has 0 aliphatic heterocycles. The SMILES string of the molecule is CCCOc1cc(NCCc2cnc[nH]2)ncn1. The van der Waals surface area contributed by atoms with Gasteiger partial charge in [0.1, 0.15) is 12.1 Å². The summed E-state index contributed by atoms with van der Waals surface area (Å²) in [6.07, 6.45) is 6.83. The molecule has 2 heterocycles. The summed E-state index contributed by atoms with van der Waals surface area (Å²) in [5, 5.41) is 3.22. The highest BCUT2D eigenvalue weighted by atomic mass is 16.5. The first-order chi connectivity index (χ1) is 8.88.